The highest BCUT2D eigenvalue weighted by Crippen LogP contribution is 2.33. The summed E-state index contributed by atoms with van der Waals surface area (Å²) in [6, 6.07) is 8.30. The van der Waals surface area contributed by atoms with Crippen molar-refractivity contribution in [2.24, 2.45) is 0 Å². The number of ketones is 2. The largest absolute Gasteiger partial charge is 0.375 e. The topological polar surface area (TPSA) is 59.1 Å². The van der Waals surface area contributed by atoms with E-state index in [1.54, 1.807) is 0 Å². The van der Waals surface area contributed by atoms with E-state index in [0.29, 0.717) is 16.3 Å². The molecule has 0 amide bonds. The quantitative estimate of drug-likeness (QED) is 0.926. The van der Waals surface area contributed by atoms with Crippen molar-refractivity contribution in [3.05, 3.63) is 62.7 Å². The van der Waals surface area contributed by atoms with Crippen LogP contribution in [0, 0.1) is 6.92 Å². The van der Waals surface area contributed by atoms with Crippen molar-refractivity contribution in [2.75, 3.05) is 0 Å². The molecule has 2 aliphatic carbocycles. The molecule has 4 rings (SSSR count). The van der Waals surface area contributed by atoms with Crippen LogP contribution in [0.5, 0.6) is 0 Å². The first-order valence-electron chi connectivity index (χ1n) is 7.26. The van der Waals surface area contributed by atoms with Crippen molar-refractivity contribution < 1.29 is 9.59 Å². The molecule has 0 aliphatic heterocycles. The molecule has 0 radical (unpaired) electrons. The molecule has 1 atom stereocenters. The first-order valence-corrected chi connectivity index (χ1v) is 8.07. The van der Waals surface area contributed by atoms with Gasteiger partial charge in [-0.25, -0.2) is 4.98 Å². The summed E-state index contributed by atoms with van der Waals surface area (Å²) < 4.78 is 0. The number of allylic oxidation sites excluding steroid dienone is 2. The predicted octanol–water partition coefficient (Wildman–Crippen LogP) is 2.99. The standard InChI is InChI=1S/C17H14N2O2S/c1-9-18-15-16(21)13(8-14(20)17(15)22-9)19-12-7-6-10-4-2-3-5-11(10)12/h2-5,8,12,19H,6-7H2,1H3. The number of hydrogen-bond donors (Lipinski definition) is 1. The van der Waals surface area contributed by atoms with Gasteiger partial charge in [0.1, 0.15) is 10.6 Å². The normalized spacial score (nSPS) is 19.7. The summed E-state index contributed by atoms with van der Waals surface area (Å²) in [6.07, 6.45) is 3.34. The monoisotopic (exact) mass is 310 g/mol. The zero-order chi connectivity index (χ0) is 15.3. The van der Waals surface area contributed by atoms with E-state index >= 15 is 0 Å². The zero-order valence-electron chi connectivity index (χ0n) is 12.1. The van der Waals surface area contributed by atoms with Gasteiger partial charge in [0, 0.05) is 6.08 Å². The van der Waals surface area contributed by atoms with Crippen LogP contribution in [-0.2, 0) is 6.42 Å². The highest BCUT2D eigenvalue weighted by atomic mass is 32.1. The van der Waals surface area contributed by atoms with Gasteiger partial charge in [-0.15, -0.1) is 11.3 Å². The molecule has 22 heavy (non-hydrogen) atoms. The summed E-state index contributed by atoms with van der Waals surface area (Å²) in [5.74, 6) is -0.308. The maximum atomic E-state index is 12.5. The number of nitrogens with one attached hydrogen (secondary N) is 1. The van der Waals surface area contributed by atoms with E-state index in [9.17, 15) is 9.59 Å². The highest BCUT2D eigenvalue weighted by molar-refractivity contribution is 7.14. The third-order valence-electron chi connectivity index (χ3n) is 4.16. The number of aryl methyl sites for hydroxylation is 2. The third-order valence-corrected chi connectivity index (χ3v) is 5.14. The highest BCUT2D eigenvalue weighted by Gasteiger charge is 2.32. The molecule has 1 unspecified atom stereocenters. The lowest BCUT2D eigenvalue weighted by Crippen LogP contribution is -2.28. The molecular formula is C17H14N2O2S. The number of rotatable bonds is 2. The van der Waals surface area contributed by atoms with Crippen molar-refractivity contribution in [3.8, 4) is 0 Å². The first kappa shape index (κ1) is 13.4. The number of benzene rings is 1. The summed E-state index contributed by atoms with van der Waals surface area (Å²) in [6.45, 7) is 1.81. The van der Waals surface area contributed by atoms with Crippen LogP contribution in [0.2, 0.25) is 0 Å². The fourth-order valence-electron chi connectivity index (χ4n) is 3.14. The molecule has 1 aromatic carbocycles. The van der Waals surface area contributed by atoms with Gasteiger partial charge in [-0.3, -0.25) is 9.59 Å². The van der Waals surface area contributed by atoms with E-state index in [0.717, 1.165) is 17.8 Å². The van der Waals surface area contributed by atoms with Crippen molar-refractivity contribution in [3.63, 3.8) is 0 Å². The van der Waals surface area contributed by atoms with E-state index in [4.69, 9.17) is 0 Å². The van der Waals surface area contributed by atoms with Crippen molar-refractivity contribution in [1.82, 2.24) is 10.3 Å². The van der Waals surface area contributed by atoms with Gasteiger partial charge >= 0.3 is 0 Å². The van der Waals surface area contributed by atoms with Gasteiger partial charge in [0.25, 0.3) is 0 Å². The second-order valence-electron chi connectivity index (χ2n) is 5.60. The smallest absolute Gasteiger partial charge is 0.228 e. The molecule has 2 aromatic rings. The number of thiazole rings is 1. The number of hydrogen-bond acceptors (Lipinski definition) is 5. The van der Waals surface area contributed by atoms with E-state index < -0.39 is 0 Å². The Balaban J connectivity index is 1.65. The van der Waals surface area contributed by atoms with Crippen LogP contribution in [0.3, 0.4) is 0 Å². The van der Waals surface area contributed by atoms with Crippen LogP contribution >= 0.6 is 11.3 Å². The van der Waals surface area contributed by atoms with Crippen LogP contribution in [0.15, 0.2) is 36.0 Å². The fourth-order valence-corrected chi connectivity index (χ4v) is 3.97. The van der Waals surface area contributed by atoms with Gasteiger partial charge in [0.2, 0.25) is 5.78 Å². The number of fused-ring (bicyclic) bond motifs is 2. The molecule has 0 saturated heterocycles. The van der Waals surface area contributed by atoms with Crippen molar-refractivity contribution in [2.45, 2.75) is 25.8 Å². The Labute approximate surface area is 131 Å². The lowest BCUT2D eigenvalue weighted by molar-refractivity contribution is 0.0975. The lowest BCUT2D eigenvalue weighted by atomic mass is 10.0. The molecule has 1 aromatic heterocycles. The summed E-state index contributed by atoms with van der Waals surface area (Å²) in [5, 5.41) is 4.00. The molecule has 1 N–H and O–H groups in total. The fraction of sp³-hybridized carbons (Fsp3) is 0.235. The van der Waals surface area contributed by atoms with Gasteiger partial charge in [0.15, 0.2) is 5.78 Å². The van der Waals surface area contributed by atoms with E-state index in [-0.39, 0.29) is 17.6 Å². The van der Waals surface area contributed by atoms with Crippen molar-refractivity contribution in [1.29, 1.82) is 0 Å². The van der Waals surface area contributed by atoms with Gasteiger partial charge < -0.3 is 5.32 Å². The number of aromatic nitrogens is 1. The zero-order valence-corrected chi connectivity index (χ0v) is 12.9. The molecule has 2 aliphatic rings. The average Bonchev–Trinajstić information content (AvgIpc) is 3.09. The van der Waals surface area contributed by atoms with Crippen LogP contribution in [-0.4, -0.2) is 16.6 Å². The molecule has 0 saturated carbocycles. The Hall–Kier alpha value is -2.27. The van der Waals surface area contributed by atoms with Crippen LogP contribution in [0.4, 0.5) is 0 Å². The molecule has 110 valence electrons. The Morgan fingerprint density at radius 3 is 2.95 bits per heavy atom. The minimum atomic E-state index is -0.177. The molecule has 0 fully saturated rings. The predicted molar refractivity (Wildman–Crippen MR) is 84.2 cm³/mol. The average molecular weight is 310 g/mol. The maximum absolute atomic E-state index is 12.5. The lowest BCUT2D eigenvalue weighted by Gasteiger charge is -2.19. The molecular weight excluding hydrogens is 296 g/mol. The summed E-state index contributed by atoms with van der Waals surface area (Å²) >= 11 is 1.28. The number of nitrogens with zero attached hydrogens (tertiary/aromatic N) is 1. The Bertz CT molecular complexity index is 835. The number of carbonyl (C=O) groups is 2. The van der Waals surface area contributed by atoms with E-state index in [1.807, 2.05) is 19.1 Å². The summed E-state index contributed by atoms with van der Waals surface area (Å²) in [5.41, 5.74) is 3.18. The maximum Gasteiger partial charge on any atom is 0.228 e. The molecule has 0 bridgehead atoms. The second-order valence-corrected chi connectivity index (χ2v) is 6.80. The number of Topliss-reactive ketones (excluding diaryl/α,β-unsaturated/α-hetero) is 1. The van der Waals surface area contributed by atoms with Crippen LogP contribution in [0.25, 0.3) is 0 Å². The Morgan fingerprint density at radius 1 is 1.27 bits per heavy atom. The molecule has 0 spiro atoms. The van der Waals surface area contributed by atoms with E-state index in [2.05, 4.69) is 22.4 Å². The minimum absolute atomic E-state index is 0.0838. The molecule has 5 heteroatoms. The third kappa shape index (κ3) is 2.01. The first-order chi connectivity index (χ1) is 10.6. The Kier molecular flexibility index (Phi) is 2.97. The van der Waals surface area contributed by atoms with Crippen LogP contribution in [0.1, 0.15) is 48.8 Å². The molecule has 4 nitrogen and oxygen atoms in total. The SMILES string of the molecule is Cc1nc2c(s1)C(=O)C=C(NC1CCc3ccccc31)C2=O. The minimum Gasteiger partial charge on any atom is -0.375 e. The molecule has 1 heterocycles. The van der Waals surface area contributed by atoms with Crippen molar-refractivity contribution >= 4 is 22.9 Å². The van der Waals surface area contributed by atoms with Gasteiger partial charge in [-0.2, -0.15) is 0 Å². The second kappa shape index (κ2) is 4.88. The summed E-state index contributed by atoms with van der Waals surface area (Å²) in [7, 11) is 0. The Morgan fingerprint density at radius 2 is 2.09 bits per heavy atom. The van der Waals surface area contributed by atoms with E-state index in [1.165, 1.54) is 28.5 Å². The number of carbonyl (C=O) groups excluding carboxylic acids is 2. The van der Waals surface area contributed by atoms with Gasteiger partial charge in [-0.05, 0) is 30.9 Å². The van der Waals surface area contributed by atoms with Gasteiger partial charge in [0.05, 0.1) is 16.7 Å². The van der Waals surface area contributed by atoms with Crippen LogP contribution < -0.4 is 5.32 Å². The summed E-state index contributed by atoms with van der Waals surface area (Å²) in [4.78, 5) is 29.4. The van der Waals surface area contributed by atoms with Gasteiger partial charge in [-0.1, -0.05) is 24.3 Å².